The molecule has 1 aromatic heterocycles. The minimum Gasteiger partial charge on any atom is -0.360 e. The Morgan fingerprint density at radius 1 is 1.15 bits per heavy atom. The molecule has 0 atom stereocenters. The number of nitrogens with one attached hydrogen (secondary N) is 1. The number of nitrogens with zero attached hydrogens (tertiary/aromatic N) is 2. The first kappa shape index (κ1) is 16.9. The molecule has 0 saturated carbocycles. The van der Waals surface area contributed by atoms with Crippen LogP contribution in [0.25, 0.3) is 0 Å². The van der Waals surface area contributed by atoms with E-state index in [2.05, 4.69) is 15.2 Å². The molecule has 1 aromatic rings. The van der Waals surface area contributed by atoms with E-state index in [1.165, 1.54) is 0 Å². The van der Waals surface area contributed by atoms with Gasteiger partial charge in [0, 0.05) is 18.6 Å². The number of aliphatic hydroxyl groups is 2. The molecule has 1 rings (SSSR count). The first-order chi connectivity index (χ1) is 9.19. The molecule has 0 spiro atoms. The summed E-state index contributed by atoms with van der Waals surface area (Å²) in [7, 11) is 0. The van der Waals surface area contributed by atoms with Gasteiger partial charge in [-0.2, -0.15) is 0 Å². The van der Waals surface area contributed by atoms with Crippen molar-refractivity contribution in [2.24, 2.45) is 0 Å². The van der Waals surface area contributed by atoms with Crippen molar-refractivity contribution in [3.8, 4) is 0 Å². The lowest BCUT2D eigenvalue weighted by Crippen LogP contribution is -2.46. The van der Waals surface area contributed by atoms with Crippen molar-refractivity contribution in [2.75, 3.05) is 24.5 Å². The Morgan fingerprint density at radius 3 is 2.25 bits per heavy atom. The number of anilines is 1. The van der Waals surface area contributed by atoms with E-state index in [0.29, 0.717) is 0 Å². The van der Waals surface area contributed by atoms with Gasteiger partial charge in [-0.3, -0.25) is 0 Å². The molecule has 0 unspecified atom stereocenters. The Morgan fingerprint density at radius 2 is 1.75 bits per heavy atom. The summed E-state index contributed by atoms with van der Waals surface area (Å²) in [6, 6.07) is 5.31. The number of pyridine rings is 1. The van der Waals surface area contributed by atoms with E-state index in [1.807, 2.05) is 40.7 Å². The summed E-state index contributed by atoms with van der Waals surface area (Å²) >= 11 is 0. The van der Waals surface area contributed by atoms with Crippen molar-refractivity contribution in [1.82, 2.24) is 10.3 Å². The maximum absolute atomic E-state index is 10.2. The normalized spacial score (nSPS) is 12.6. The lowest BCUT2D eigenvalue weighted by molar-refractivity contribution is -0.170. The van der Waals surface area contributed by atoms with Gasteiger partial charge in [-0.15, -0.1) is 0 Å². The Hall–Kier alpha value is -1.17. The molecule has 114 valence electrons. The molecule has 3 N–H and O–H groups in total. The van der Waals surface area contributed by atoms with Crippen LogP contribution in [-0.2, 0) is 5.79 Å². The second-order valence-electron chi connectivity index (χ2n) is 5.97. The van der Waals surface area contributed by atoms with Crippen LogP contribution in [0, 0.1) is 0 Å². The zero-order chi connectivity index (χ0) is 15.4. The van der Waals surface area contributed by atoms with Gasteiger partial charge in [0.2, 0.25) is 5.79 Å². The Labute approximate surface area is 121 Å². The zero-order valence-electron chi connectivity index (χ0n) is 13.1. The number of hydrogen-bond acceptors (Lipinski definition) is 5. The molecular weight excluding hydrogens is 254 g/mol. The average Bonchev–Trinajstić information content (AvgIpc) is 2.38. The highest BCUT2D eigenvalue weighted by atomic mass is 16.5. The molecule has 1 heterocycles. The Balaban J connectivity index is 2.92. The highest BCUT2D eigenvalue weighted by Crippen LogP contribution is 2.19. The Kier molecular flexibility index (Phi) is 5.50. The first-order valence-electron chi connectivity index (χ1n) is 7.12. The summed E-state index contributed by atoms with van der Waals surface area (Å²) in [5.74, 6) is -1.22. The summed E-state index contributed by atoms with van der Waals surface area (Å²) in [5.41, 5.74) is 0.0753. The van der Waals surface area contributed by atoms with E-state index in [-0.39, 0.29) is 17.8 Å². The number of hydrogen-bond donors (Lipinski definition) is 3. The first-order valence-corrected chi connectivity index (χ1v) is 7.12. The average molecular weight is 281 g/mol. The summed E-state index contributed by atoms with van der Waals surface area (Å²) in [4.78, 5) is 6.44. The molecule has 0 fully saturated rings. The predicted octanol–water partition coefficient (Wildman–Crippen LogP) is 1.45. The van der Waals surface area contributed by atoms with Crippen LogP contribution in [0.2, 0.25) is 0 Å². The summed E-state index contributed by atoms with van der Waals surface area (Å²) in [5, 5.41) is 23.5. The monoisotopic (exact) mass is 281 g/mol. The maximum atomic E-state index is 10.2. The van der Waals surface area contributed by atoms with Gasteiger partial charge in [0.15, 0.2) is 0 Å². The van der Waals surface area contributed by atoms with Crippen LogP contribution in [0.15, 0.2) is 18.2 Å². The van der Waals surface area contributed by atoms with Crippen LogP contribution in [0.5, 0.6) is 0 Å². The molecule has 0 radical (unpaired) electrons. The summed E-state index contributed by atoms with van der Waals surface area (Å²) in [6.45, 7) is 11.7. The van der Waals surface area contributed by atoms with Crippen LogP contribution < -0.4 is 10.2 Å². The fourth-order valence-corrected chi connectivity index (χ4v) is 1.85. The number of β-amino-alcohol motifs (C(OH)–C–C–N with tert-alkyl or cyclic N) is 2. The van der Waals surface area contributed by atoms with Gasteiger partial charge >= 0.3 is 0 Å². The van der Waals surface area contributed by atoms with Gasteiger partial charge in [0.1, 0.15) is 11.5 Å². The summed E-state index contributed by atoms with van der Waals surface area (Å²) in [6.07, 6.45) is 0. The third kappa shape index (κ3) is 4.74. The second-order valence-corrected chi connectivity index (χ2v) is 5.97. The van der Waals surface area contributed by atoms with E-state index in [4.69, 9.17) is 0 Å². The molecule has 0 aliphatic heterocycles. The van der Waals surface area contributed by atoms with E-state index in [0.717, 1.165) is 18.9 Å². The van der Waals surface area contributed by atoms with E-state index in [9.17, 15) is 10.2 Å². The number of rotatable bonds is 6. The van der Waals surface area contributed by atoms with Crippen molar-refractivity contribution >= 4 is 5.82 Å². The second kappa shape index (κ2) is 6.52. The van der Waals surface area contributed by atoms with Crippen LogP contribution in [-0.4, -0.2) is 40.4 Å². The van der Waals surface area contributed by atoms with Gasteiger partial charge in [0.25, 0.3) is 0 Å². The fraction of sp³-hybridized carbons (Fsp3) is 0.667. The standard InChI is InChI=1S/C15H27N3O2/c1-6-18(7-2)13-10-8-9-12(17-13)15(19,20)11-16-14(3,4)5/h8-10,16,19-20H,6-7,11H2,1-5H3. The predicted molar refractivity (Wildman–Crippen MR) is 81.7 cm³/mol. The molecule has 0 bridgehead atoms. The van der Waals surface area contributed by atoms with E-state index >= 15 is 0 Å². The lowest BCUT2D eigenvalue weighted by Gasteiger charge is -2.29. The van der Waals surface area contributed by atoms with Gasteiger partial charge in [0.05, 0.1) is 6.54 Å². The van der Waals surface area contributed by atoms with Crippen LogP contribution in [0.1, 0.15) is 40.3 Å². The molecule has 0 aliphatic rings. The zero-order valence-corrected chi connectivity index (χ0v) is 13.1. The van der Waals surface area contributed by atoms with Crippen molar-refractivity contribution in [3.63, 3.8) is 0 Å². The van der Waals surface area contributed by atoms with Crippen molar-refractivity contribution in [1.29, 1.82) is 0 Å². The molecule has 0 aromatic carbocycles. The van der Waals surface area contributed by atoms with Crippen LogP contribution in [0.3, 0.4) is 0 Å². The fourth-order valence-electron chi connectivity index (χ4n) is 1.85. The van der Waals surface area contributed by atoms with Gasteiger partial charge in [-0.25, -0.2) is 4.98 Å². The van der Waals surface area contributed by atoms with Crippen molar-refractivity contribution < 1.29 is 10.2 Å². The van der Waals surface area contributed by atoms with Crippen LogP contribution >= 0.6 is 0 Å². The third-order valence-corrected chi connectivity index (χ3v) is 3.10. The third-order valence-electron chi connectivity index (χ3n) is 3.10. The van der Waals surface area contributed by atoms with Gasteiger partial charge in [-0.05, 0) is 46.8 Å². The molecule has 0 aliphatic carbocycles. The quantitative estimate of drug-likeness (QED) is 0.689. The lowest BCUT2D eigenvalue weighted by atomic mass is 10.1. The highest BCUT2D eigenvalue weighted by molar-refractivity contribution is 5.39. The molecule has 5 nitrogen and oxygen atoms in total. The maximum Gasteiger partial charge on any atom is 0.220 e. The molecular formula is C15H27N3O2. The molecule has 0 amide bonds. The molecule has 5 heteroatoms. The Bertz CT molecular complexity index is 423. The largest absolute Gasteiger partial charge is 0.360 e. The van der Waals surface area contributed by atoms with Crippen molar-refractivity contribution in [3.05, 3.63) is 23.9 Å². The number of aromatic nitrogens is 1. The van der Waals surface area contributed by atoms with Crippen molar-refractivity contribution in [2.45, 2.75) is 45.9 Å². The minimum absolute atomic E-state index is 0.0329. The highest BCUT2D eigenvalue weighted by Gasteiger charge is 2.29. The minimum atomic E-state index is -1.98. The molecule has 0 saturated heterocycles. The van der Waals surface area contributed by atoms with Gasteiger partial charge < -0.3 is 20.4 Å². The van der Waals surface area contributed by atoms with Gasteiger partial charge in [-0.1, -0.05) is 6.07 Å². The molecule has 20 heavy (non-hydrogen) atoms. The topological polar surface area (TPSA) is 68.6 Å². The van der Waals surface area contributed by atoms with E-state index in [1.54, 1.807) is 12.1 Å². The van der Waals surface area contributed by atoms with E-state index < -0.39 is 5.79 Å². The smallest absolute Gasteiger partial charge is 0.220 e. The van der Waals surface area contributed by atoms with Crippen LogP contribution in [0.4, 0.5) is 5.82 Å². The SMILES string of the molecule is CCN(CC)c1cccc(C(O)(O)CNC(C)(C)C)n1. The summed E-state index contributed by atoms with van der Waals surface area (Å²) < 4.78 is 0.